The molecule has 0 bridgehead atoms. The van der Waals surface area contributed by atoms with Crippen molar-refractivity contribution in [3.63, 3.8) is 0 Å². The SMILES string of the molecule is CCN(CCO)c1cc2ccccc2c(Br)n1. The minimum absolute atomic E-state index is 0.139. The molecule has 3 nitrogen and oxygen atoms in total. The van der Waals surface area contributed by atoms with Crippen molar-refractivity contribution < 1.29 is 5.11 Å². The summed E-state index contributed by atoms with van der Waals surface area (Å²) < 4.78 is 0.849. The molecule has 0 radical (unpaired) electrons. The monoisotopic (exact) mass is 294 g/mol. The second kappa shape index (κ2) is 5.47. The Morgan fingerprint density at radius 2 is 2.12 bits per heavy atom. The van der Waals surface area contributed by atoms with Gasteiger partial charge in [-0.15, -0.1) is 0 Å². The van der Waals surface area contributed by atoms with Gasteiger partial charge in [0.15, 0.2) is 0 Å². The van der Waals surface area contributed by atoms with Crippen LogP contribution in [0, 0.1) is 0 Å². The molecule has 0 aliphatic heterocycles. The highest BCUT2D eigenvalue weighted by Crippen LogP contribution is 2.26. The lowest BCUT2D eigenvalue weighted by molar-refractivity contribution is 0.302. The molecule has 1 N–H and O–H groups in total. The maximum atomic E-state index is 9.03. The molecular formula is C13H15BrN2O. The van der Waals surface area contributed by atoms with Crippen LogP contribution in [-0.4, -0.2) is 29.8 Å². The lowest BCUT2D eigenvalue weighted by Crippen LogP contribution is -2.27. The smallest absolute Gasteiger partial charge is 0.130 e. The van der Waals surface area contributed by atoms with Crippen LogP contribution in [0.2, 0.25) is 0 Å². The number of aliphatic hydroxyl groups is 1. The van der Waals surface area contributed by atoms with Gasteiger partial charge in [-0.3, -0.25) is 0 Å². The summed E-state index contributed by atoms with van der Waals surface area (Å²) in [6.45, 7) is 3.63. The first-order valence-electron chi connectivity index (χ1n) is 5.67. The molecule has 0 atom stereocenters. The van der Waals surface area contributed by atoms with E-state index in [1.807, 2.05) is 18.2 Å². The topological polar surface area (TPSA) is 36.4 Å². The third kappa shape index (κ3) is 2.58. The minimum Gasteiger partial charge on any atom is -0.395 e. The summed E-state index contributed by atoms with van der Waals surface area (Å²) in [6.07, 6.45) is 0. The Kier molecular flexibility index (Phi) is 3.97. The molecule has 0 saturated heterocycles. The van der Waals surface area contributed by atoms with Crippen molar-refractivity contribution in [1.82, 2.24) is 4.98 Å². The van der Waals surface area contributed by atoms with Crippen LogP contribution in [-0.2, 0) is 0 Å². The summed E-state index contributed by atoms with van der Waals surface area (Å²) in [7, 11) is 0. The van der Waals surface area contributed by atoms with Crippen LogP contribution in [0.25, 0.3) is 10.8 Å². The molecule has 1 aromatic carbocycles. The summed E-state index contributed by atoms with van der Waals surface area (Å²) >= 11 is 3.50. The number of benzene rings is 1. The average molecular weight is 295 g/mol. The van der Waals surface area contributed by atoms with Crippen molar-refractivity contribution in [2.24, 2.45) is 0 Å². The number of pyridine rings is 1. The van der Waals surface area contributed by atoms with Gasteiger partial charge in [-0.2, -0.15) is 0 Å². The van der Waals surface area contributed by atoms with Crippen molar-refractivity contribution in [2.45, 2.75) is 6.92 Å². The van der Waals surface area contributed by atoms with Gasteiger partial charge in [-0.05, 0) is 34.3 Å². The molecule has 1 aromatic heterocycles. The normalized spacial score (nSPS) is 10.8. The molecule has 90 valence electrons. The van der Waals surface area contributed by atoms with Gasteiger partial charge in [0.2, 0.25) is 0 Å². The first-order valence-corrected chi connectivity index (χ1v) is 6.46. The van der Waals surface area contributed by atoms with Crippen molar-refractivity contribution >= 4 is 32.5 Å². The highest BCUT2D eigenvalue weighted by atomic mass is 79.9. The van der Waals surface area contributed by atoms with Gasteiger partial charge >= 0.3 is 0 Å². The molecule has 0 unspecified atom stereocenters. The first kappa shape index (κ1) is 12.3. The van der Waals surface area contributed by atoms with Crippen LogP contribution in [0.4, 0.5) is 5.82 Å². The van der Waals surface area contributed by atoms with Gasteiger partial charge in [0.05, 0.1) is 6.61 Å². The molecule has 2 rings (SSSR count). The lowest BCUT2D eigenvalue weighted by atomic mass is 10.2. The van der Waals surface area contributed by atoms with Crippen molar-refractivity contribution in [1.29, 1.82) is 0 Å². The fourth-order valence-electron chi connectivity index (χ4n) is 1.86. The number of anilines is 1. The van der Waals surface area contributed by atoms with E-state index in [1.165, 1.54) is 0 Å². The lowest BCUT2D eigenvalue weighted by Gasteiger charge is -2.21. The summed E-state index contributed by atoms with van der Waals surface area (Å²) in [5, 5.41) is 11.3. The Balaban J connectivity index is 2.48. The van der Waals surface area contributed by atoms with Gasteiger partial charge in [0, 0.05) is 18.5 Å². The Morgan fingerprint density at radius 3 is 2.82 bits per heavy atom. The fourth-order valence-corrected chi connectivity index (χ4v) is 2.40. The van der Waals surface area contributed by atoms with E-state index in [0.29, 0.717) is 6.54 Å². The zero-order valence-electron chi connectivity index (χ0n) is 9.73. The van der Waals surface area contributed by atoms with Gasteiger partial charge in [-0.1, -0.05) is 24.3 Å². The van der Waals surface area contributed by atoms with Crippen LogP contribution < -0.4 is 4.90 Å². The number of fused-ring (bicyclic) bond motifs is 1. The molecular weight excluding hydrogens is 280 g/mol. The highest BCUT2D eigenvalue weighted by molar-refractivity contribution is 9.10. The van der Waals surface area contributed by atoms with E-state index in [-0.39, 0.29) is 6.61 Å². The third-order valence-electron chi connectivity index (χ3n) is 2.76. The molecule has 2 aromatic rings. The predicted molar refractivity (Wildman–Crippen MR) is 74.4 cm³/mol. The molecule has 0 spiro atoms. The number of aromatic nitrogens is 1. The van der Waals surface area contributed by atoms with E-state index >= 15 is 0 Å². The van der Waals surface area contributed by atoms with Gasteiger partial charge in [-0.25, -0.2) is 4.98 Å². The van der Waals surface area contributed by atoms with Gasteiger partial charge in [0.25, 0.3) is 0 Å². The van der Waals surface area contributed by atoms with E-state index in [9.17, 15) is 0 Å². The van der Waals surface area contributed by atoms with Gasteiger partial charge in [0.1, 0.15) is 10.4 Å². The molecule has 4 heteroatoms. The third-order valence-corrected chi connectivity index (χ3v) is 3.36. The molecule has 1 heterocycles. The number of halogens is 1. The Morgan fingerprint density at radius 1 is 1.35 bits per heavy atom. The Hall–Kier alpha value is -1.13. The number of hydrogen-bond donors (Lipinski definition) is 1. The van der Waals surface area contributed by atoms with E-state index < -0.39 is 0 Å². The predicted octanol–water partition coefficient (Wildman–Crippen LogP) is 2.82. The molecule has 0 aliphatic carbocycles. The summed E-state index contributed by atoms with van der Waals surface area (Å²) in [5.41, 5.74) is 0. The van der Waals surface area contributed by atoms with E-state index in [0.717, 1.165) is 27.7 Å². The number of nitrogens with zero attached hydrogens (tertiary/aromatic N) is 2. The average Bonchev–Trinajstić information content (AvgIpc) is 2.36. The standard InChI is InChI=1S/C13H15BrN2O/c1-2-16(7-8-17)12-9-10-5-3-4-6-11(10)13(14)15-12/h3-6,9,17H,2,7-8H2,1H3. The number of aliphatic hydroxyl groups excluding tert-OH is 1. The molecule has 0 saturated carbocycles. The van der Waals surface area contributed by atoms with Crippen LogP contribution in [0.1, 0.15) is 6.92 Å². The first-order chi connectivity index (χ1) is 8.26. The summed E-state index contributed by atoms with van der Waals surface area (Å²) in [6, 6.07) is 10.2. The molecule has 0 aliphatic rings. The highest BCUT2D eigenvalue weighted by Gasteiger charge is 2.08. The second-order valence-corrected chi connectivity index (χ2v) is 4.55. The van der Waals surface area contributed by atoms with E-state index in [2.05, 4.69) is 44.9 Å². The van der Waals surface area contributed by atoms with Gasteiger partial charge < -0.3 is 10.0 Å². The van der Waals surface area contributed by atoms with Crippen LogP contribution in [0.15, 0.2) is 34.9 Å². The van der Waals surface area contributed by atoms with Crippen LogP contribution in [0.3, 0.4) is 0 Å². The van der Waals surface area contributed by atoms with Crippen molar-refractivity contribution in [3.8, 4) is 0 Å². The van der Waals surface area contributed by atoms with E-state index in [4.69, 9.17) is 5.11 Å². The minimum atomic E-state index is 0.139. The van der Waals surface area contributed by atoms with E-state index in [1.54, 1.807) is 0 Å². The van der Waals surface area contributed by atoms with Crippen molar-refractivity contribution in [2.75, 3.05) is 24.6 Å². The maximum absolute atomic E-state index is 9.03. The Bertz CT molecular complexity index is 516. The zero-order chi connectivity index (χ0) is 12.3. The quantitative estimate of drug-likeness (QED) is 0.881. The summed E-state index contributed by atoms with van der Waals surface area (Å²) in [5.74, 6) is 0.895. The largest absolute Gasteiger partial charge is 0.395 e. The number of likely N-dealkylation sites (N-methyl/N-ethyl adjacent to an activating group) is 1. The molecule has 0 fully saturated rings. The van der Waals surface area contributed by atoms with Crippen LogP contribution in [0.5, 0.6) is 0 Å². The second-order valence-electron chi connectivity index (χ2n) is 3.80. The fraction of sp³-hybridized carbons (Fsp3) is 0.308. The van der Waals surface area contributed by atoms with Crippen LogP contribution >= 0.6 is 15.9 Å². The molecule has 0 amide bonds. The molecule has 17 heavy (non-hydrogen) atoms. The number of hydrogen-bond acceptors (Lipinski definition) is 3. The van der Waals surface area contributed by atoms with Crippen molar-refractivity contribution in [3.05, 3.63) is 34.9 Å². The Labute approximate surface area is 109 Å². The number of rotatable bonds is 4. The maximum Gasteiger partial charge on any atom is 0.130 e. The zero-order valence-corrected chi connectivity index (χ0v) is 11.3. The summed E-state index contributed by atoms with van der Waals surface area (Å²) in [4.78, 5) is 6.58.